The fraction of sp³-hybridized carbons (Fsp3) is 0.357. The summed E-state index contributed by atoms with van der Waals surface area (Å²) in [7, 11) is 0. The maximum absolute atomic E-state index is 6.56. The van der Waals surface area contributed by atoms with Gasteiger partial charge in [-0.15, -0.1) is 0 Å². The second-order valence-electron chi connectivity index (χ2n) is 4.73. The van der Waals surface area contributed by atoms with Crippen LogP contribution >= 0.6 is 27.5 Å². The minimum Gasteiger partial charge on any atom is -0.252 e. The van der Waals surface area contributed by atoms with E-state index in [1.165, 1.54) is 28.8 Å². The Bertz CT molecular complexity index is 634. The zero-order chi connectivity index (χ0) is 12.2. The maximum Gasteiger partial charge on any atom is 0.0726 e. The topological polar surface area (TPSA) is 12.9 Å². The SMILES string of the molecule is Cc1cc2nc3c(c(Cl)c2c(C)c1Br)CCC3. The summed E-state index contributed by atoms with van der Waals surface area (Å²) < 4.78 is 1.15. The lowest BCUT2D eigenvalue weighted by atomic mass is 10.0. The smallest absolute Gasteiger partial charge is 0.0726 e. The van der Waals surface area contributed by atoms with Gasteiger partial charge in [-0.25, -0.2) is 0 Å². The van der Waals surface area contributed by atoms with Crippen molar-refractivity contribution in [2.45, 2.75) is 33.1 Å². The number of hydrogen-bond acceptors (Lipinski definition) is 1. The largest absolute Gasteiger partial charge is 0.252 e. The third kappa shape index (κ3) is 1.61. The Morgan fingerprint density at radius 3 is 2.82 bits per heavy atom. The molecule has 1 heterocycles. The minimum absolute atomic E-state index is 0.917. The summed E-state index contributed by atoms with van der Waals surface area (Å²) in [5.74, 6) is 0. The fourth-order valence-electron chi connectivity index (χ4n) is 2.69. The molecule has 0 fully saturated rings. The third-order valence-corrected chi connectivity index (χ3v) is 5.23. The molecule has 0 unspecified atom stereocenters. The molecule has 1 aromatic carbocycles. The van der Waals surface area contributed by atoms with E-state index < -0.39 is 0 Å². The molecule has 1 aliphatic rings. The van der Waals surface area contributed by atoms with E-state index in [1.807, 2.05) is 0 Å². The molecule has 2 aromatic rings. The van der Waals surface area contributed by atoms with Crippen LogP contribution in [0.2, 0.25) is 5.02 Å². The van der Waals surface area contributed by atoms with Crippen molar-refractivity contribution in [3.63, 3.8) is 0 Å². The number of rotatable bonds is 0. The molecule has 88 valence electrons. The van der Waals surface area contributed by atoms with Crippen LogP contribution in [0.5, 0.6) is 0 Å². The van der Waals surface area contributed by atoms with E-state index in [1.54, 1.807) is 0 Å². The molecule has 0 saturated carbocycles. The summed E-state index contributed by atoms with van der Waals surface area (Å²) in [6.07, 6.45) is 3.32. The monoisotopic (exact) mass is 309 g/mol. The minimum atomic E-state index is 0.917. The first-order valence-electron chi connectivity index (χ1n) is 5.86. The number of aromatic nitrogens is 1. The summed E-state index contributed by atoms with van der Waals surface area (Å²) in [6, 6.07) is 2.12. The molecular formula is C14H13BrClN. The Kier molecular flexibility index (Phi) is 2.68. The standard InChI is InChI=1S/C14H13BrClN/c1-7-6-11-12(8(2)13(7)15)14(16)9-4-3-5-10(9)17-11/h6H,3-5H2,1-2H3. The third-order valence-electron chi connectivity index (χ3n) is 3.59. The van der Waals surface area contributed by atoms with Crippen molar-refractivity contribution < 1.29 is 0 Å². The second kappa shape index (κ2) is 3.96. The van der Waals surface area contributed by atoms with Gasteiger partial charge in [-0.2, -0.15) is 0 Å². The lowest BCUT2D eigenvalue weighted by molar-refractivity contribution is 0.901. The van der Waals surface area contributed by atoms with Crippen LogP contribution in [0.4, 0.5) is 0 Å². The number of benzene rings is 1. The Hall–Kier alpha value is -0.600. The maximum atomic E-state index is 6.56. The van der Waals surface area contributed by atoms with Crippen LogP contribution in [-0.2, 0) is 12.8 Å². The van der Waals surface area contributed by atoms with Crippen molar-refractivity contribution in [2.24, 2.45) is 0 Å². The molecule has 3 rings (SSSR count). The van der Waals surface area contributed by atoms with E-state index >= 15 is 0 Å². The predicted molar refractivity (Wildman–Crippen MR) is 76.0 cm³/mol. The normalized spacial score (nSPS) is 14.4. The van der Waals surface area contributed by atoms with Gasteiger partial charge in [0.2, 0.25) is 0 Å². The average molecular weight is 311 g/mol. The van der Waals surface area contributed by atoms with E-state index in [0.717, 1.165) is 33.2 Å². The molecule has 0 radical (unpaired) electrons. The molecule has 0 saturated heterocycles. The first kappa shape index (κ1) is 11.5. The van der Waals surface area contributed by atoms with E-state index in [2.05, 4.69) is 35.8 Å². The van der Waals surface area contributed by atoms with Crippen LogP contribution in [0.1, 0.15) is 28.8 Å². The highest BCUT2D eigenvalue weighted by atomic mass is 79.9. The van der Waals surface area contributed by atoms with Gasteiger partial charge < -0.3 is 0 Å². The van der Waals surface area contributed by atoms with Crippen LogP contribution in [0.3, 0.4) is 0 Å². The van der Waals surface area contributed by atoms with Gasteiger partial charge in [-0.3, -0.25) is 4.98 Å². The van der Waals surface area contributed by atoms with Gasteiger partial charge in [-0.05, 0) is 55.9 Å². The zero-order valence-corrected chi connectivity index (χ0v) is 12.2. The predicted octanol–water partition coefficient (Wildman–Crippen LogP) is 4.76. The van der Waals surface area contributed by atoms with E-state index in [-0.39, 0.29) is 0 Å². The first-order valence-corrected chi connectivity index (χ1v) is 7.03. The molecule has 0 N–H and O–H groups in total. The van der Waals surface area contributed by atoms with E-state index in [9.17, 15) is 0 Å². The Labute approximate surface area is 114 Å². The lowest BCUT2D eigenvalue weighted by Crippen LogP contribution is -1.95. The molecule has 0 aliphatic heterocycles. The van der Waals surface area contributed by atoms with Crippen LogP contribution in [-0.4, -0.2) is 4.98 Å². The van der Waals surface area contributed by atoms with Crippen LogP contribution < -0.4 is 0 Å². The fourth-order valence-corrected chi connectivity index (χ4v) is 3.44. The Morgan fingerprint density at radius 1 is 1.29 bits per heavy atom. The van der Waals surface area contributed by atoms with Gasteiger partial charge in [0.1, 0.15) is 0 Å². The number of halogens is 2. The number of fused-ring (bicyclic) bond motifs is 2. The second-order valence-corrected chi connectivity index (χ2v) is 5.90. The van der Waals surface area contributed by atoms with Crippen molar-refractivity contribution in [1.29, 1.82) is 0 Å². The first-order chi connectivity index (χ1) is 8.09. The highest BCUT2D eigenvalue weighted by Gasteiger charge is 2.20. The molecule has 0 atom stereocenters. The number of nitrogens with zero attached hydrogens (tertiary/aromatic N) is 1. The van der Waals surface area contributed by atoms with E-state index in [4.69, 9.17) is 16.6 Å². The molecule has 1 aliphatic carbocycles. The van der Waals surface area contributed by atoms with Gasteiger partial charge in [0, 0.05) is 15.6 Å². The highest BCUT2D eigenvalue weighted by Crippen LogP contribution is 2.38. The molecule has 0 amide bonds. The van der Waals surface area contributed by atoms with Crippen molar-refractivity contribution in [1.82, 2.24) is 4.98 Å². The van der Waals surface area contributed by atoms with Crippen LogP contribution in [0.15, 0.2) is 10.5 Å². The number of hydrogen-bond donors (Lipinski definition) is 0. The van der Waals surface area contributed by atoms with E-state index in [0.29, 0.717) is 0 Å². The summed E-state index contributed by atoms with van der Waals surface area (Å²) in [5.41, 5.74) is 5.92. The van der Waals surface area contributed by atoms with Gasteiger partial charge in [-0.1, -0.05) is 27.5 Å². The summed E-state index contributed by atoms with van der Waals surface area (Å²) in [6.45, 7) is 4.20. The molecule has 0 bridgehead atoms. The average Bonchev–Trinajstić information content (AvgIpc) is 2.74. The van der Waals surface area contributed by atoms with Gasteiger partial charge in [0.25, 0.3) is 0 Å². The molecule has 1 nitrogen and oxygen atoms in total. The summed E-state index contributed by atoms with van der Waals surface area (Å²) in [4.78, 5) is 4.77. The van der Waals surface area contributed by atoms with Crippen molar-refractivity contribution >= 4 is 38.4 Å². The molecule has 17 heavy (non-hydrogen) atoms. The molecular weight excluding hydrogens is 298 g/mol. The summed E-state index contributed by atoms with van der Waals surface area (Å²) in [5, 5.41) is 2.03. The van der Waals surface area contributed by atoms with Crippen molar-refractivity contribution in [3.8, 4) is 0 Å². The zero-order valence-electron chi connectivity index (χ0n) is 9.90. The quantitative estimate of drug-likeness (QED) is 0.684. The molecule has 1 aromatic heterocycles. The van der Waals surface area contributed by atoms with Crippen molar-refractivity contribution in [3.05, 3.63) is 37.9 Å². The Balaban J connectivity index is 2.48. The Morgan fingerprint density at radius 2 is 2.06 bits per heavy atom. The van der Waals surface area contributed by atoms with Crippen molar-refractivity contribution in [2.75, 3.05) is 0 Å². The lowest BCUT2D eigenvalue weighted by Gasteiger charge is -2.12. The summed E-state index contributed by atoms with van der Waals surface area (Å²) >= 11 is 10.2. The van der Waals surface area contributed by atoms with Gasteiger partial charge >= 0.3 is 0 Å². The van der Waals surface area contributed by atoms with Gasteiger partial charge in [0.15, 0.2) is 0 Å². The highest BCUT2D eigenvalue weighted by molar-refractivity contribution is 9.10. The van der Waals surface area contributed by atoms with Crippen LogP contribution in [0, 0.1) is 13.8 Å². The number of pyridine rings is 1. The molecule has 3 heteroatoms. The van der Waals surface area contributed by atoms with Crippen LogP contribution in [0.25, 0.3) is 10.9 Å². The molecule has 0 spiro atoms. The number of aryl methyl sites for hydroxylation is 3. The van der Waals surface area contributed by atoms with Gasteiger partial charge in [0.05, 0.1) is 10.5 Å².